The summed E-state index contributed by atoms with van der Waals surface area (Å²) in [5.74, 6) is -1.30. The molecule has 2 fully saturated rings. The van der Waals surface area contributed by atoms with Gasteiger partial charge in [0.25, 0.3) is 11.7 Å². The van der Waals surface area contributed by atoms with Crippen molar-refractivity contribution in [1.82, 2.24) is 9.80 Å². The molecule has 0 spiro atoms. The van der Waals surface area contributed by atoms with Crippen LogP contribution in [-0.4, -0.2) is 66.0 Å². The summed E-state index contributed by atoms with van der Waals surface area (Å²) in [7, 11) is 0. The number of morpholine rings is 1. The van der Waals surface area contributed by atoms with E-state index in [2.05, 4.69) is 4.90 Å². The van der Waals surface area contributed by atoms with Crippen molar-refractivity contribution in [2.24, 2.45) is 0 Å². The molecule has 0 saturated carbocycles. The maximum Gasteiger partial charge on any atom is 0.295 e. The predicted octanol–water partition coefficient (Wildman–Crippen LogP) is 3.14. The van der Waals surface area contributed by atoms with Crippen LogP contribution in [0.15, 0.2) is 60.2 Å². The number of benzene rings is 2. The van der Waals surface area contributed by atoms with Crippen LogP contribution in [0.2, 0.25) is 0 Å². The molecule has 1 amide bonds. The first kappa shape index (κ1) is 21.3. The van der Waals surface area contributed by atoms with E-state index in [1.165, 1.54) is 0 Å². The number of hydrogen-bond acceptors (Lipinski definition) is 5. The monoisotopic (exact) mass is 420 g/mol. The van der Waals surface area contributed by atoms with E-state index in [1.807, 2.05) is 37.3 Å². The van der Waals surface area contributed by atoms with Gasteiger partial charge in [0.1, 0.15) is 5.76 Å². The summed E-state index contributed by atoms with van der Waals surface area (Å²) in [6.45, 7) is 6.50. The minimum Gasteiger partial charge on any atom is -0.507 e. The van der Waals surface area contributed by atoms with Crippen LogP contribution in [0.25, 0.3) is 5.76 Å². The van der Waals surface area contributed by atoms with Crippen molar-refractivity contribution < 1.29 is 19.4 Å². The molecular formula is C25H28N2O4. The minimum atomic E-state index is -0.627. The van der Waals surface area contributed by atoms with E-state index in [4.69, 9.17) is 4.74 Å². The highest BCUT2D eigenvalue weighted by Crippen LogP contribution is 2.39. The number of carbonyl (C=O) groups is 2. The highest BCUT2D eigenvalue weighted by atomic mass is 16.5. The number of ketones is 1. The first-order chi connectivity index (χ1) is 15.1. The Kier molecular flexibility index (Phi) is 6.49. The highest BCUT2D eigenvalue weighted by molar-refractivity contribution is 6.46. The number of hydrogen-bond donors (Lipinski definition) is 1. The van der Waals surface area contributed by atoms with E-state index in [9.17, 15) is 14.7 Å². The number of aliphatic hydroxyl groups excluding tert-OH is 1. The molecule has 6 nitrogen and oxygen atoms in total. The molecule has 2 aromatic rings. The van der Waals surface area contributed by atoms with E-state index < -0.39 is 17.7 Å². The summed E-state index contributed by atoms with van der Waals surface area (Å²) in [5.41, 5.74) is 2.61. The number of aliphatic hydroxyl groups is 1. The Bertz CT molecular complexity index is 963. The van der Waals surface area contributed by atoms with Gasteiger partial charge in [-0.2, -0.15) is 0 Å². The average molecular weight is 421 g/mol. The zero-order valence-corrected chi connectivity index (χ0v) is 17.8. The van der Waals surface area contributed by atoms with Gasteiger partial charge in [-0.25, -0.2) is 0 Å². The van der Waals surface area contributed by atoms with Gasteiger partial charge in [0, 0.05) is 31.7 Å². The molecule has 162 valence electrons. The Hall–Kier alpha value is -2.96. The standard InChI is InChI=1S/C25H28N2O4/c1-18-8-10-19(11-9-18)22-21(23(28)20-6-3-2-4-7-20)24(29)25(30)27(22)13-5-12-26-14-16-31-17-15-26/h2-4,6-11,22,28H,5,12-17H2,1H3/b23-21+/t22-/m1/s1. The lowest BCUT2D eigenvalue weighted by Crippen LogP contribution is -2.38. The third-order valence-electron chi connectivity index (χ3n) is 5.96. The molecule has 2 heterocycles. The molecule has 0 aliphatic carbocycles. The molecule has 2 saturated heterocycles. The van der Waals surface area contributed by atoms with Crippen LogP contribution >= 0.6 is 0 Å². The number of Topliss-reactive ketones (excluding diaryl/α,β-unsaturated/α-hetero) is 1. The second-order valence-corrected chi connectivity index (χ2v) is 8.08. The molecule has 0 unspecified atom stereocenters. The molecule has 4 rings (SSSR count). The maximum absolute atomic E-state index is 13.0. The molecule has 0 radical (unpaired) electrons. The first-order valence-electron chi connectivity index (χ1n) is 10.8. The third-order valence-corrected chi connectivity index (χ3v) is 5.96. The molecular weight excluding hydrogens is 392 g/mol. The first-order valence-corrected chi connectivity index (χ1v) is 10.8. The zero-order chi connectivity index (χ0) is 21.8. The van der Waals surface area contributed by atoms with Crippen LogP contribution in [-0.2, 0) is 14.3 Å². The Balaban J connectivity index is 1.65. The van der Waals surface area contributed by atoms with Crippen molar-refractivity contribution >= 4 is 17.4 Å². The highest BCUT2D eigenvalue weighted by Gasteiger charge is 2.45. The topological polar surface area (TPSA) is 70.1 Å². The van der Waals surface area contributed by atoms with Gasteiger partial charge in [0.2, 0.25) is 0 Å². The Morgan fingerprint density at radius 1 is 1.00 bits per heavy atom. The Labute approximate surface area is 182 Å². The third kappa shape index (κ3) is 4.55. The zero-order valence-electron chi connectivity index (χ0n) is 17.8. The van der Waals surface area contributed by atoms with Crippen LogP contribution in [0, 0.1) is 6.92 Å². The lowest BCUT2D eigenvalue weighted by Gasteiger charge is -2.29. The summed E-state index contributed by atoms with van der Waals surface area (Å²) in [5, 5.41) is 11.0. The number of nitrogens with zero attached hydrogens (tertiary/aromatic N) is 2. The fourth-order valence-corrected chi connectivity index (χ4v) is 4.25. The van der Waals surface area contributed by atoms with Crippen LogP contribution in [0.4, 0.5) is 0 Å². The summed E-state index contributed by atoms with van der Waals surface area (Å²) in [4.78, 5) is 29.9. The normalized spacial score (nSPS) is 21.6. The summed E-state index contributed by atoms with van der Waals surface area (Å²) in [6, 6.07) is 16.1. The number of amides is 1. The van der Waals surface area contributed by atoms with Crippen LogP contribution in [0.1, 0.15) is 29.2 Å². The van der Waals surface area contributed by atoms with Crippen molar-refractivity contribution in [2.75, 3.05) is 39.4 Å². The predicted molar refractivity (Wildman–Crippen MR) is 119 cm³/mol. The molecule has 2 aromatic carbocycles. The number of aryl methyl sites for hydroxylation is 1. The molecule has 31 heavy (non-hydrogen) atoms. The number of rotatable bonds is 6. The van der Waals surface area contributed by atoms with Gasteiger partial charge in [-0.3, -0.25) is 14.5 Å². The molecule has 0 bridgehead atoms. The van der Waals surface area contributed by atoms with E-state index >= 15 is 0 Å². The quantitative estimate of drug-likeness (QED) is 0.442. The lowest BCUT2D eigenvalue weighted by molar-refractivity contribution is -0.140. The van der Waals surface area contributed by atoms with E-state index in [0.717, 1.165) is 50.4 Å². The van der Waals surface area contributed by atoms with E-state index in [-0.39, 0.29) is 11.3 Å². The Morgan fingerprint density at radius 2 is 1.68 bits per heavy atom. The van der Waals surface area contributed by atoms with Crippen LogP contribution < -0.4 is 0 Å². The Morgan fingerprint density at radius 3 is 2.35 bits per heavy atom. The average Bonchev–Trinajstić information content (AvgIpc) is 3.05. The number of likely N-dealkylation sites (tertiary alicyclic amines) is 1. The SMILES string of the molecule is Cc1ccc([C@@H]2/C(=C(\O)c3ccccc3)C(=O)C(=O)N2CCCN2CCOCC2)cc1. The van der Waals surface area contributed by atoms with Crippen LogP contribution in [0.5, 0.6) is 0 Å². The smallest absolute Gasteiger partial charge is 0.295 e. The second-order valence-electron chi connectivity index (χ2n) is 8.08. The van der Waals surface area contributed by atoms with Crippen molar-refractivity contribution in [1.29, 1.82) is 0 Å². The molecule has 1 N–H and O–H groups in total. The van der Waals surface area contributed by atoms with Gasteiger partial charge in [0.15, 0.2) is 0 Å². The largest absolute Gasteiger partial charge is 0.507 e. The maximum atomic E-state index is 13.0. The van der Waals surface area contributed by atoms with Crippen molar-refractivity contribution in [3.63, 3.8) is 0 Å². The lowest BCUT2D eigenvalue weighted by atomic mass is 9.94. The van der Waals surface area contributed by atoms with E-state index in [0.29, 0.717) is 12.1 Å². The second kappa shape index (κ2) is 9.45. The fourth-order valence-electron chi connectivity index (χ4n) is 4.25. The van der Waals surface area contributed by atoms with Crippen molar-refractivity contribution in [2.45, 2.75) is 19.4 Å². The van der Waals surface area contributed by atoms with Crippen molar-refractivity contribution in [3.8, 4) is 0 Å². The summed E-state index contributed by atoms with van der Waals surface area (Å²) >= 11 is 0. The van der Waals surface area contributed by atoms with Crippen LogP contribution in [0.3, 0.4) is 0 Å². The molecule has 2 aliphatic rings. The van der Waals surface area contributed by atoms with Gasteiger partial charge in [-0.05, 0) is 18.9 Å². The number of carbonyl (C=O) groups excluding carboxylic acids is 2. The van der Waals surface area contributed by atoms with Gasteiger partial charge in [-0.15, -0.1) is 0 Å². The van der Waals surface area contributed by atoms with E-state index in [1.54, 1.807) is 29.2 Å². The molecule has 2 aliphatic heterocycles. The molecule has 6 heteroatoms. The van der Waals surface area contributed by atoms with Gasteiger partial charge < -0.3 is 14.7 Å². The van der Waals surface area contributed by atoms with Gasteiger partial charge in [-0.1, -0.05) is 60.2 Å². The summed E-state index contributed by atoms with van der Waals surface area (Å²) < 4.78 is 5.39. The van der Waals surface area contributed by atoms with Crippen molar-refractivity contribution in [3.05, 3.63) is 76.9 Å². The molecule has 1 atom stereocenters. The molecule has 0 aromatic heterocycles. The van der Waals surface area contributed by atoms with Gasteiger partial charge >= 0.3 is 0 Å². The summed E-state index contributed by atoms with van der Waals surface area (Å²) in [6.07, 6.45) is 0.751. The number of ether oxygens (including phenoxy) is 1. The minimum absolute atomic E-state index is 0.125. The fraction of sp³-hybridized carbons (Fsp3) is 0.360. The van der Waals surface area contributed by atoms with Gasteiger partial charge in [0.05, 0.1) is 24.8 Å².